The van der Waals surface area contributed by atoms with Crippen LogP contribution in [0, 0.1) is 13.8 Å². The zero-order valence-corrected chi connectivity index (χ0v) is 10.1. The van der Waals surface area contributed by atoms with Crippen molar-refractivity contribution in [1.82, 2.24) is 0 Å². The Hall–Kier alpha value is 1.44. The Balaban J connectivity index is -0.00000000500. The van der Waals surface area contributed by atoms with Crippen LogP contribution in [0.4, 0.5) is 0 Å². The van der Waals surface area contributed by atoms with Gasteiger partial charge in [0.25, 0.3) is 0 Å². The van der Waals surface area contributed by atoms with E-state index in [9.17, 15) is 0 Å². The van der Waals surface area contributed by atoms with Crippen LogP contribution in [0.3, 0.4) is 0 Å². The minimum absolute atomic E-state index is 0. The van der Waals surface area contributed by atoms with Gasteiger partial charge in [0.05, 0.1) is 0 Å². The fraction of sp³-hybridized carbons (Fsp3) is 0.500. The van der Waals surface area contributed by atoms with E-state index in [2.05, 4.69) is 13.8 Å². The van der Waals surface area contributed by atoms with Crippen LogP contribution >= 0.6 is 0 Å². The van der Waals surface area contributed by atoms with Gasteiger partial charge in [-0.15, -0.1) is 0 Å². The monoisotopic (exact) mass is 243 g/mol. The van der Waals surface area contributed by atoms with Gasteiger partial charge in [-0.05, 0) is 0 Å². The molecule has 2 heteroatoms. The Morgan fingerprint density at radius 3 is 0.833 bits per heavy atom. The van der Waals surface area contributed by atoms with Gasteiger partial charge in [0.15, 0.2) is 0 Å². The molecule has 3 radical (unpaired) electrons. The van der Waals surface area contributed by atoms with Crippen molar-refractivity contribution in [1.29, 1.82) is 0 Å². The van der Waals surface area contributed by atoms with Gasteiger partial charge in [0.2, 0.25) is 0 Å². The third-order valence-electron chi connectivity index (χ3n) is 0. The minimum Gasteiger partial charge on any atom is -0.346 e. The van der Waals surface area contributed by atoms with Crippen molar-refractivity contribution in [3.63, 3.8) is 0 Å². The molecule has 0 saturated carbocycles. The van der Waals surface area contributed by atoms with Crippen LogP contribution in [0.25, 0.3) is 0 Å². The van der Waals surface area contributed by atoms with Crippen LogP contribution in [-0.2, 0) is 19.5 Å². The average Bonchev–Trinajstić information content (AvgIpc) is 1.50. The van der Waals surface area contributed by atoms with Gasteiger partial charge in [-0.2, -0.15) is 13.8 Å². The second kappa shape index (κ2) is 91.8. The molecule has 0 amide bonds. The van der Waals surface area contributed by atoms with E-state index in [4.69, 9.17) is 0 Å². The van der Waals surface area contributed by atoms with Gasteiger partial charge in [0, 0.05) is 24.4 Å². The first-order chi connectivity index (χ1) is 2.00. The summed E-state index contributed by atoms with van der Waals surface area (Å²) in [6.07, 6.45) is 0. The SMILES string of the molecule is [CH2-]C.[CH2-]C.[Sb].[Zn+2]. The molecule has 0 heterocycles. The summed E-state index contributed by atoms with van der Waals surface area (Å²) in [5.41, 5.74) is 0. The summed E-state index contributed by atoms with van der Waals surface area (Å²) in [5, 5.41) is 0. The Morgan fingerprint density at radius 2 is 0.833 bits per heavy atom. The Morgan fingerprint density at radius 1 is 0.833 bits per heavy atom. The molecule has 0 bridgehead atoms. The van der Waals surface area contributed by atoms with Gasteiger partial charge in [-0.1, -0.05) is 0 Å². The first-order valence-corrected chi connectivity index (χ1v) is 1.41. The van der Waals surface area contributed by atoms with E-state index in [0.717, 1.165) is 0 Å². The normalized spacial score (nSPS) is 2.00. The van der Waals surface area contributed by atoms with Crippen LogP contribution in [0.15, 0.2) is 0 Å². The summed E-state index contributed by atoms with van der Waals surface area (Å²) in [4.78, 5) is 0. The molecule has 6 heavy (non-hydrogen) atoms. The molecule has 0 aromatic carbocycles. The minimum atomic E-state index is 0. The van der Waals surface area contributed by atoms with Gasteiger partial charge < -0.3 is 13.8 Å². The van der Waals surface area contributed by atoms with E-state index in [0.29, 0.717) is 0 Å². The van der Waals surface area contributed by atoms with Crippen molar-refractivity contribution in [3.8, 4) is 0 Å². The number of hydrogen-bond acceptors (Lipinski definition) is 0. The fourth-order valence-corrected chi connectivity index (χ4v) is 0. The predicted octanol–water partition coefficient (Wildman–Crippen LogP) is 1.30. The summed E-state index contributed by atoms with van der Waals surface area (Å²) in [7, 11) is 0. The summed E-state index contributed by atoms with van der Waals surface area (Å²) < 4.78 is 0. The molecular formula is C4H10SbZn. The second-order valence-electron chi connectivity index (χ2n) is 0. The van der Waals surface area contributed by atoms with Crippen molar-refractivity contribution in [2.45, 2.75) is 13.8 Å². The third-order valence-corrected chi connectivity index (χ3v) is 0. The van der Waals surface area contributed by atoms with Crippen molar-refractivity contribution >= 4 is 24.4 Å². The van der Waals surface area contributed by atoms with Gasteiger partial charge in [0.1, 0.15) is 0 Å². The van der Waals surface area contributed by atoms with Crippen molar-refractivity contribution in [2.24, 2.45) is 0 Å². The van der Waals surface area contributed by atoms with E-state index in [-0.39, 0.29) is 43.9 Å². The molecule has 0 aliphatic carbocycles. The molecule has 0 aromatic rings. The predicted molar refractivity (Wildman–Crippen MR) is 27.8 cm³/mol. The zero-order valence-electron chi connectivity index (χ0n) is 4.57. The van der Waals surface area contributed by atoms with Crippen LogP contribution < -0.4 is 0 Å². The van der Waals surface area contributed by atoms with Crippen LogP contribution in [0.2, 0.25) is 0 Å². The molecule has 0 spiro atoms. The Kier molecular flexibility index (Phi) is 399. The Labute approximate surface area is 71.3 Å². The maximum atomic E-state index is 3.25. The first-order valence-electron chi connectivity index (χ1n) is 1.41. The molecule has 0 atom stereocenters. The van der Waals surface area contributed by atoms with E-state index in [1.54, 1.807) is 13.8 Å². The third kappa shape index (κ3) is 51.7. The summed E-state index contributed by atoms with van der Waals surface area (Å²) in [5.74, 6) is 0. The molecule has 0 rings (SSSR count). The first kappa shape index (κ1) is 26.1. The largest absolute Gasteiger partial charge is 2.00 e. The van der Waals surface area contributed by atoms with E-state index >= 15 is 0 Å². The summed E-state index contributed by atoms with van der Waals surface area (Å²) in [6, 6.07) is 0. The van der Waals surface area contributed by atoms with Crippen molar-refractivity contribution in [2.75, 3.05) is 0 Å². The molecular weight excluding hydrogens is 235 g/mol. The maximum Gasteiger partial charge on any atom is 2.00 e. The van der Waals surface area contributed by atoms with Crippen LogP contribution in [0.1, 0.15) is 13.8 Å². The van der Waals surface area contributed by atoms with Crippen LogP contribution in [0.5, 0.6) is 0 Å². The molecule has 0 saturated heterocycles. The molecule has 0 unspecified atom stereocenters. The topological polar surface area (TPSA) is 0 Å². The maximum absolute atomic E-state index is 3.25. The Bertz CT molecular complexity index is 7.51. The molecule has 0 aliphatic rings. The van der Waals surface area contributed by atoms with E-state index in [1.165, 1.54) is 0 Å². The quantitative estimate of drug-likeness (QED) is 0.446. The van der Waals surface area contributed by atoms with Gasteiger partial charge >= 0.3 is 19.5 Å². The standard InChI is InChI=1S/2C2H5.Sb.Zn/c2*1-2;;/h2*1H2,2H3;;/q2*-1;;+2. The molecule has 0 aromatic heterocycles. The number of rotatable bonds is 0. The van der Waals surface area contributed by atoms with Gasteiger partial charge in [-0.25, -0.2) is 0 Å². The van der Waals surface area contributed by atoms with Crippen molar-refractivity contribution < 1.29 is 19.5 Å². The summed E-state index contributed by atoms with van der Waals surface area (Å²) >= 11 is 0. The second-order valence-corrected chi connectivity index (χ2v) is 0. The van der Waals surface area contributed by atoms with Crippen molar-refractivity contribution in [3.05, 3.63) is 13.8 Å². The van der Waals surface area contributed by atoms with E-state index < -0.39 is 0 Å². The molecule has 33 valence electrons. The van der Waals surface area contributed by atoms with Crippen LogP contribution in [-0.4, -0.2) is 24.4 Å². The molecule has 0 aliphatic heterocycles. The number of hydrogen-bond donors (Lipinski definition) is 0. The summed E-state index contributed by atoms with van der Waals surface area (Å²) in [6.45, 7) is 10.0. The molecule has 0 nitrogen and oxygen atoms in total. The van der Waals surface area contributed by atoms with E-state index in [1.807, 2.05) is 0 Å². The molecule has 0 N–H and O–H groups in total. The average molecular weight is 245 g/mol. The smallest absolute Gasteiger partial charge is 0.346 e. The van der Waals surface area contributed by atoms with Gasteiger partial charge in [-0.3, -0.25) is 0 Å². The molecule has 0 fully saturated rings. The fourth-order valence-electron chi connectivity index (χ4n) is 0. The zero-order chi connectivity index (χ0) is 4.00.